The molecule has 4 nitrogen and oxygen atoms in total. The first-order valence-corrected chi connectivity index (χ1v) is 3.34. The van der Waals surface area contributed by atoms with Crippen LogP contribution in [0.3, 0.4) is 0 Å². The number of carbonyl (C=O) groups excluding carboxylic acids is 1. The van der Waals surface area contributed by atoms with Crippen LogP contribution in [0.5, 0.6) is 0 Å². The Morgan fingerprint density at radius 2 is 1.92 bits per heavy atom. The molecule has 0 aliphatic carbocycles. The molecule has 64 valence electrons. The molecule has 1 aromatic rings. The fourth-order valence-electron chi connectivity index (χ4n) is 0.821. The van der Waals surface area contributed by atoms with Crippen molar-refractivity contribution in [2.75, 3.05) is 0 Å². The molecule has 1 atom stereocenters. The summed E-state index contributed by atoms with van der Waals surface area (Å²) in [5.74, 6) is -1.08. The van der Waals surface area contributed by atoms with E-state index in [9.17, 15) is 4.79 Å². The van der Waals surface area contributed by atoms with Crippen LogP contribution in [0.25, 0.3) is 0 Å². The summed E-state index contributed by atoms with van der Waals surface area (Å²) >= 11 is 0. The van der Waals surface area contributed by atoms with E-state index in [1.165, 1.54) is 0 Å². The minimum atomic E-state index is -1.42. The Labute approximate surface area is 69.0 Å². The molecule has 0 aliphatic heterocycles. The Morgan fingerprint density at radius 1 is 1.33 bits per heavy atom. The van der Waals surface area contributed by atoms with Crippen LogP contribution in [0.1, 0.15) is 11.7 Å². The van der Waals surface area contributed by atoms with Crippen molar-refractivity contribution in [3.05, 3.63) is 35.9 Å². The first-order valence-electron chi connectivity index (χ1n) is 3.34. The van der Waals surface area contributed by atoms with Crippen LogP contribution in [0, 0.1) is 0 Å². The molecule has 0 heterocycles. The Kier molecular flexibility index (Phi) is 2.79. The topological polar surface area (TPSA) is 66.8 Å². The monoisotopic (exact) mass is 168 g/mol. The Hall–Kier alpha value is -1.39. The van der Waals surface area contributed by atoms with Gasteiger partial charge in [0.2, 0.25) is 0 Å². The highest BCUT2D eigenvalue weighted by Gasteiger charge is 2.18. The maximum atomic E-state index is 10.6. The second kappa shape index (κ2) is 3.85. The normalized spacial score (nSPS) is 12.2. The van der Waals surface area contributed by atoms with Gasteiger partial charge in [-0.3, -0.25) is 4.89 Å². The third-order valence-electron chi connectivity index (χ3n) is 1.43. The zero-order chi connectivity index (χ0) is 8.97. The molecule has 0 saturated carbocycles. The van der Waals surface area contributed by atoms with E-state index in [0.717, 1.165) is 0 Å². The number of rotatable bonds is 2. The van der Waals surface area contributed by atoms with Gasteiger partial charge in [-0.25, -0.2) is 4.79 Å². The zero-order valence-electron chi connectivity index (χ0n) is 6.18. The highest BCUT2D eigenvalue weighted by atomic mass is 17.1. The van der Waals surface area contributed by atoms with E-state index in [1.54, 1.807) is 30.3 Å². The van der Waals surface area contributed by atoms with Gasteiger partial charge in [0.15, 0.2) is 6.10 Å². The lowest BCUT2D eigenvalue weighted by Gasteiger charge is -2.05. The van der Waals surface area contributed by atoms with E-state index in [0.29, 0.717) is 5.56 Å². The Morgan fingerprint density at radius 3 is 2.42 bits per heavy atom. The summed E-state index contributed by atoms with van der Waals surface area (Å²) < 4.78 is 0. The van der Waals surface area contributed by atoms with Gasteiger partial charge in [-0.15, -0.1) is 0 Å². The number of aliphatic hydroxyl groups excluding tert-OH is 1. The molecule has 0 radical (unpaired) electrons. The summed E-state index contributed by atoms with van der Waals surface area (Å²) in [4.78, 5) is 14.0. The molecule has 0 spiro atoms. The van der Waals surface area contributed by atoms with E-state index in [-0.39, 0.29) is 0 Å². The van der Waals surface area contributed by atoms with Gasteiger partial charge >= 0.3 is 5.97 Å². The van der Waals surface area contributed by atoms with Gasteiger partial charge in [0.1, 0.15) is 0 Å². The SMILES string of the molecule is O=C(OO)C(O)c1ccccc1. The van der Waals surface area contributed by atoms with Crippen molar-refractivity contribution in [3.63, 3.8) is 0 Å². The van der Waals surface area contributed by atoms with E-state index in [2.05, 4.69) is 4.89 Å². The van der Waals surface area contributed by atoms with Gasteiger partial charge < -0.3 is 5.11 Å². The molecule has 2 N–H and O–H groups in total. The number of carbonyl (C=O) groups is 1. The van der Waals surface area contributed by atoms with Crippen LogP contribution < -0.4 is 0 Å². The lowest BCUT2D eigenvalue weighted by atomic mass is 10.1. The molecule has 0 aromatic heterocycles. The third kappa shape index (κ3) is 1.81. The van der Waals surface area contributed by atoms with Crippen molar-refractivity contribution in [1.29, 1.82) is 0 Å². The van der Waals surface area contributed by atoms with E-state index in [1.807, 2.05) is 0 Å². The fraction of sp³-hybridized carbons (Fsp3) is 0.125. The summed E-state index contributed by atoms with van der Waals surface area (Å²) in [6.45, 7) is 0. The first-order chi connectivity index (χ1) is 5.75. The van der Waals surface area contributed by atoms with E-state index in [4.69, 9.17) is 10.4 Å². The summed E-state index contributed by atoms with van der Waals surface area (Å²) in [5.41, 5.74) is 0.386. The second-order valence-corrected chi connectivity index (χ2v) is 2.22. The third-order valence-corrected chi connectivity index (χ3v) is 1.43. The van der Waals surface area contributed by atoms with Crippen molar-refractivity contribution in [1.82, 2.24) is 0 Å². The molecule has 1 aromatic carbocycles. The second-order valence-electron chi connectivity index (χ2n) is 2.22. The summed E-state index contributed by atoms with van der Waals surface area (Å²) in [7, 11) is 0. The molecule has 1 rings (SSSR count). The lowest BCUT2D eigenvalue weighted by Crippen LogP contribution is -2.13. The van der Waals surface area contributed by atoms with Crippen LogP contribution in [-0.2, 0) is 9.68 Å². The van der Waals surface area contributed by atoms with Crippen molar-refractivity contribution >= 4 is 5.97 Å². The first kappa shape index (κ1) is 8.70. The van der Waals surface area contributed by atoms with Crippen LogP contribution in [0.15, 0.2) is 30.3 Å². The predicted molar refractivity (Wildman–Crippen MR) is 40.1 cm³/mol. The van der Waals surface area contributed by atoms with Crippen molar-refractivity contribution in [2.45, 2.75) is 6.10 Å². The van der Waals surface area contributed by atoms with Crippen molar-refractivity contribution in [2.24, 2.45) is 0 Å². The van der Waals surface area contributed by atoms with Gasteiger partial charge in [0.05, 0.1) is 0 Å². The van der Waals surface area contributed by atoms with Crippen LogP contribution in [0.2, 0.25) is 0 Å². The molecule has 0 bridgehead atoms. The van der Waals surface area contributed by atoms with Gasteiger partial charge in [-0.1, -0.05) is 30.3 Å². The highest BCUT2D eigenvalue weighted by Crippen LogP contribution is 2.12. The smallest absolute Gasteiger partial charge is 0.374 e. The number of hydrogen-bond donors (Lipinski definition) is 2. The quantitative estimate of drug-likeness (QED) is 0.504. The minimum absolute atomic E-state index is 0.386. The summed E-state index contributed by atoms with van der Waals surface area (Å²) in [6, 6.07) is 8.20. The highest BCUT2D eigenvalue weighted by molar-refractivity contribution is 5.75. The molecular weight excluding hydrogens is 160 g/mol. The Balaban J connectivity index is 2.78. The van der Waals surface area contributed by atoms with Crippen LogP contribution in [0.4, 0.5) is 0 Å². The molecule has 1 unspecified atom stereocenters. The molecule has 0 aliphatic rings. The average Bonchev–Trinajstić information content (AvgIpc) is 2.17. The fourth-order valence-corrected chi connectivity index (χ4v) is 0.821. The van der Waals surface area contributed by atoms with Crippen LogP contribution in [-0.4, -0.2) is 16.3 Å². The molecule has 0 amide bonds. The van der Waals surface area contributed by atoms with E-state index >= 15 is 0 Å². The Bertz CT molecular complexity index is 257. The number of hydrogen-bond acceptors (Lipinski definition) is 4. The zero-order valence-corrected chi connectivity index (χ0v) is 6.18. The largest absolute Gasteiger partial charge is 0.377 e. The molecular formula is C8H8O4. The molecule has 0 fully saturated rings. The van der Waals surface area contributed by atoms with Gasteiger partial charge in [-0.2, -0.15) is 5.26 Å². The van der Waals surface area contributed by atoms with E-state index < -0.39 is 12.1 Å². The molecule has 4 heteroatoms. The summed E-state index contributed by atoms with van der Waals surface area (Å²) in [6.07, 6.45) is -1.42. The number of benzene rings is 1. The maximum Gasteiger partial charge on any atom is 0.374 e. The standard InChI is InChI=1S/C8H8O4/c9-7(8(10)12-11)6-4-2-1-3-5-6/h1-5,7,9,11H. The lowest BCUT2D eigenvalue weighted by molar-refractivity contribution is -0.243. The number of aliphatic hydroxyl groups is 1. The van der Waals surface area contributed by atoms with Crippen molar-refractivity contribution in [3.8, 4) is 0 Å². The average molecular weight is 168 g/mol. The van der Waals surface area contributed by atoms with Crippen molar-refractivity contribution < 1.29 is 20.0 Å². The maximum absolute atomic E-state index is 10.6. The predicted octanol–water partition coefficient (Wildman–Crippen LogP) is 0.736. The van der Waals surface area contributed by atoms with Crippen LogP contribution >= 0.6 is 0 Å². The van der Waals surface area contributed by atoms with Gasteiger partial charge in [0, 0.05) is 0 Å². The molecule has 12 heavy (non-hydrogen) atoms. The minimum Gasteiger partial charge on any atom is -0.377 e. The molecule has 0 saturated heterocycles. The van der Waals surface area contributed by atoms with Gasteiger partial charge in [-0.05, 0) is 5.56 Å². The summed E-state index contributed by atoms with van der Waals surface area (Å²) in [5, 5.41) is 17.1. The van der Waals surface area contributed by atoms with Gasteiger partial charge in [0.25, 0.3) is 0 Å².